The predicted octanol–water partition coefficient (Wildman–Crippen LogP) is 5.63. The van der Waals surface area contributed by atoms with Crippen molar-refractivity contribution in [3.05, 3.63) is 90.0 Å². The molecule has 1 heterocycles. The second-order valence-electron chi connectivity index (χ2n) is 12.6. The summed E-state index contributed by atoms with van der Waals surface area (Å²) >= 11 is 0. The maximum absolute atomic E-state index is 14.5. The summed E-state index contributed by atoms with van der Waals surface area (Å²) in [5.41, 5.74) is 9.19. The van der Waals surface area contributed by atoms with Crippen LogP contribution in [-0.2, 0) is 9.59 Å². The molecule has 2 unspecified atom stereocenters. The second kappa shape index (κ2) is 11.6. The van der Waals surface area contributed by atoms with Crippen LogP contribution in [-0.4, -0.2) is 41.5 Å². The van der Waals surface area contributed by atoms with Crippen LogP contribution >= 0.6 is 0 Å². The topological polar surface area (TPSA) is 108 Å². The molecule has 2 atom stereocenters. The highest BCUT2D eigenvalue weighted by atomic mass is 16.2. The van der Waals surface area contributed by atoms with Crippen LogP contribution < -0.4 is 26.2 Å². The molecule has 0 radical (unpaired) electrons. The highest BCUT2D eigenvalue weighted by Crippen LogP contribution is 2.41. The van der Waals surface area contributed by atoms with E-state index in [0.29, 0.717) is 11.4 Å². The molecule has 0 saturated heterocycles. The molecule has 0 aliphatic carbocycles. The summed E-state index contributed by atoms with van der Waals surface area (Å²) in [7, 11) is 0. The fourth-order valence-corrected chi connectivity index (χ4v) is 5.39. The van der Waals surface area contributed by atoms with Crippen molar-refractivity contribution in [3.8, 4) is 0 Å². The van der Waals surface area contributed by atoms with Crippen LogP contribution in [0, 0.1) is 0 Å². The Kier molecular flexibility index (Phi) is 8.42. The fraction of sp³-hybridized carbons (Fsp3) is 0.364. The van der Waals surface area contributed by atoms with E-state index in [-0.39, 0.29) is 36.2 Å². The van der Waals surface area contributed by atoms with Gasteiger partial charge in [0.05, 0.1) is 0 Å². The first-order valence-electron chi connectivity index (χ1n) is 14.0. The van der Waals surface area contributed by atoms with Crippen molar-refractivity contribution in [2.24, 2.45) is 5.73 Å². The molecule has 0 fully saturated rings. The Morgan fingerprint density at radius 1 is 0.902 bits per heavy atom. The molecule has 8 nitrogen and oxygen atoms in total. The normalized spacial score (nSPS) is 17.3. The molecule has 0 spiro atoms. The minimum Gasteiger partial charge on any atom is -0.380 e. The van der Waals surface area contributed by atoms with Gasteiger partial charge in [-0.2, -0.15) is 0 Å². The van der Waals surface area contributed by atoms with Crippen LogP contribution in [0.2, 0.25) is 0 Å². The van der Waals surface area contributed by atoms with E-state index in [4.69, 9.17) is 5.73 Å². The molecule has 1 aliphatic heterocycles. The Labute approximate surface area is 242 Å². The summed E-state index contributed by atoms with van der Waals surface area (Å²) in [5.74, 6) is -0.887. The van der Waals surface area contributed by atoms with Crippen LogP contribution in [0.5, 0.6) is 0 Å². The van der Waals surface area contributed by atoms with E-state index in [9.17, 15) is 14.4 Å². The zero-order valence-electron chi connectivity index (χ0n) is 24.8. The molecule has 4 N–H and O–H groups in total. The first-order chi connectivity index (χ1) is 19.2. The molecule has 0 saturated carbocycles. The minimum atomic E-state index is -0.961. The lowest BCUT2D eigenvalue weighted by molar-refractivity contribution is -0.125. The van der Waals surface area contributed by atoms with Gasteiger partial charge in [0.2, 0.25) is 5.91 Å². The third-order valence-corrected chi connectivity index (χ3v) is 6.82. The number of para-hydroxylation sites is 1. The van der Waals surface area contributed by atoms with E-state index in [1.165, 1.54) is 9.80 Å². The Balaban J connectivity index is 1.86. The Morgan fingerprint density at radius 2 is 1.56 bits per heavy atom. The van der Waals surface area contributed by atoms with Crippen LogP contribution in [0.4, 0.5) is 21.9 Å². The molecule has 0 aromatic heterocycles. The molecule has 3 aromatic carbocycles. The third kappa shape index (κ3) is 7.25. The average molecular weight is 556 g/mol. The number of nitrogens with zero attached hydrogens (tertiary/aromatic N) is 2. The van der Waals surface area contributed by atoms with E-state index in [1.54, 1.807) is 6.07 Å². The summed E-state index contributed by atoms with van der Waals surface area (Å²) < 4.78 is 0. The molecular weight excluding hydrogens is 514 g/mol. The standard InChI is InChI=1S/C33H41N5O3/c1-32(2,3)35-23-15-12-16-24(19-23)38(31(34)41)28-20-26(22-13-8-7-9-14-22)25-17-10-11-18-27(25)37(30(28)40)21-29(39)36-33(4,5)6/h7-19,26,28,35H,20-21H2,1-6H3,(H2,34,41)(H,36,39). The molecule has 41 heavy (non-hydrogen) atoms. The van der Waals surface area contributed by atoms with Crippen molar-refractivity contribution in [1.82, 2.24) is 5.32 Å². The van der Waals surface area contributed by atoms with Gasteiger partial charge in [-0.1, -0.05) is 54.6 Å². The van der Waals surface area contributed by atoms with E-state index < -0.39 is 17.6 Å². The van der Waals surface area contributed by atoms with Gasteiger partial charge in [0, 0.05) is 34.1 Å². The van der Waals surface area contributed by atoms with E-state index in [1.807, 2.05) is 114 Å². The molecule has 8 heteroatoms. The number of fused-ring (bicyclic) bond motifs is 1. The van der Waals surface area contributed by atoms with Crippen LogP contribution in [0.3, 0.4) is 0 Å². The van der Waals surface area contributed by atoms with Crippen molar-refractivity contribution in [2.45, 2.75) is 71.0 Å². The zero-order chi connectivity index (χ0) is 29.9. The van der Waals surface area contributed by atoms with Gasteiger partial charge in [-0.3, -0.25) is 14.5 Å². The lowest BCUT2D eigenvalue weighted by Crippen LogP contribution is -2.55. The van der Waals surface area contributed by atoms with Gasteiger partial charge in [0.15, 0.2) is 0 Å². The van der Waals surface area contributed by atoms with Crippen molar-refractivity contribution in [2.75, 3.05) is 21.7 Å². The van der Waals surface area contributed by atoms with Gasteiger partial charge in [0.25, 0.3) is 5.91 Å². The SMILES string of the molecule is CC(C)(C)NC(=O)CN1C(=O)C(N(C(N)=O)c2cccc(NC(C)(C)C)c2)CC(c2ccccc2)c2ccccc21. The summed E-state index contributed by atoms with van der Waals surface area (Å²) in [6, 6.07) is 23.2. The molecule has 1 aliphatic rings. The van der Waals surface area contributed by atoms with Gasteiger partial charge < -0.3 is 21.3 Å². The number of amides is 4. The maximum atomic E-state index is 14.5. The lowest BCUT2D eigenvalue weighted by atomic mass is 9.85. The molecular formula is C33H41N5O3. The zero-order valence-corrected chi connectivity index (χ0v) is 24.8. The number of nitrogens with two attached hydrogens (primary N) is 1. The molecule has 3 aromatic rings. The predicted molar refractivity (Wildman–Crippen MR) is 165 cm³/mol. The number of hydrogen-bond acceptors (Lipinski definition) is 4. The molecule has 4 amide bonds. The first kappa shape index (κ1) is 29.6. The molecule has 4 rings (SSSR count). The van der Waals surface area contributed by atoms with Crippen molar-refractivity contribution >= 4 is 34.9 Å². The minimum absolute atomic E-state index is 0.191. The number of hydrogen-bond donors (Lipinski definition) is 3. The Bertz CT molecular complexity index is 1410. The Hall–Kier alpha value is -4.33. The maximum Gasteiger partial charge on any atom is 0.320 e. The van der Waals surface area contributed by atoms with Crippen LogP contribution in [0.15, 0.2) is 78.9 Å². The summed E-state index contributed by atoms with van der Waals surface area (Å²) in [6.07, 6.45) is 0.289. The summed E-state index contributed by atoms with van der Waals surface area (Å²) in [5, 5.41) is 6.38. The highest BCUT2D eigenvalue weighted by molar-refractivity contribution is 6.08. The Morgan fingerprint density at radius 3 is 2.20 bits per heavy atom. The second-order valence-corrected chi connectivity index (χ2v) is 12.6. The quantitative estimate of drug-likeness (QED) is 0.366. The van der Waals surface area contributed by atoms with E-state index in [2.05, 4.69) is 10.6 Å². The number of rotatable bonds is 6. The lowest BCUT2D eigenvalue weighted by Gasteiger charge is -2.33. The van der Waals surface area contributed by atoms with Gasteiger partial charge in [-0.05, 0) is 83.4 Å². The van der Waals surface area contributed by atoms with Gasteiger partial charge in [-0.15, -0.1) is 0 Å². The van der Waals surface area contributed by atoms with E-state index in [0.717, 1.165) is 16.8 Å². The van der Waals surface area contributed by atoms with E-state index >= 15 is 0 Å². The smallest absolute Gasteiger partial charge is 0.320 e. The number of urea groups is 1. The first-order valence-corrected chi connectivity index (χ1v) is 14.0. The number of primary amides is 1. The number of carbonyl (C=O) groups is 3. The van der Waals surface area contributed by atoms with Crippen molar-refractivity contribution < 1.29 is 14.4 Å². The van der Waals surface area contributed by atoms with Crippen molar-refractivity contribution in [3.63, 3.8) is 0 Å². The van der Waals surface area contributed by atoms with Crippen molar-refractivity contribution in [1.29, 1.82) is 0 Å². The average Bonchev–Trinajstić information content (AvgIpc) is 2.98. The van der Waals surface area contributed by atoms with Gasteiger partial charge >= 0.3 is 6.03 Å². The number of nitrogens with one attached hydrogen (secondary N) is 2. The third-order valence-electron chi connectivity index (χ3n) is 6.82. The number of carbonyl (C=O) groups excluding carboxylic acids is 3. The monoisotopic (exact) mass is 555 g/mol. The summed E-state index contributed by atoms with van der Waals surface area (Å²) in [6.45, 7) is 11.6. The van der Waals surface area contributed by atoms with Gasteiger partial charge in [-0.25, -0.2) is 4.79 Å². The molecule has 216 valence electrons. The van der Waals surface area contributed by atoms with Crippen LogP contribution in [0.1, 0.15) is 65.0 Å². The summed E-state index contributed by atoms with van der Waals surface area (Å²) in [4.78, 5) is 43.7. The largest absolute Gasteiger partial charge is 0.380 e. The highest BCUT2D eigenvalue weighted by Gasteiger charge is 2.41. The number of benzene rings is 3. The van der Waals surface area contributed by atoms with Crippen LogP contribution in [0.25, 0.3) is 0 Å². The molecule has 0 bridgehead atoms. The van der Waals surface area contributed by atoms with Gasteiger partial charge in [0.1, 0.15) is 12.6 Å². The number of anilines is 3. The fourth-order valence-electron chi connectivity index (χ4n) is 5.39.